The molecule has 0 aliphatic heterocycles. The number of hydrogen-bond acceptors (Lipinski definition) is 4. The van der Waals surface area contributed by atoms with Crippen molar-refractivity contribution in [3.63, 3.8) is 0 Å². The molecular formula is C10H16Br2O4. The molecular weight excluding hydrogens is 344 g/mol. The van der Waals surface area contributed by atoms with E-state index in [0.29, 0.717) is 0 Å². The molecule has 6 heteroatoms. The van der Waals surface area contributed by atoms with Crippen molar-refractivity contribution in [2.24, 2.45) is 0 Å². The first-order valence-electron chi connectivity index (χ1n) is 4.73. The minimum absolute atomic E-state index is 0.174. The second-order valence-electron chi connectivity index (χ2n) is 3.16. The van der Waals surface area contributed by atoms with E-state index in [0.717, 1.165) is 8.96 Å². The summed E-state index contributed by atoms with van der Waals surface area (Å²) >= 11 is 6.75. The van der Waals surface area contributed by atoms with Gasteiger partial charge in [-0.25, -0.2) is 0 Å². The van der Waals surface area contributed by atoms with Gasteiger partial charge in [0.15, 0.2) is 0 Å². The number of esters is 1. The van der Waals surface area contributed by atoms with E-state index in [9.17, 15) is 4.79 Å². The zero-order valence-corrected chi connectivity index (χ0v) is 12.9. The Morgan fingerprint density at radius 2 is 1.69 bits per heavy atom. The fourth-order valence-corrected chi connectivity index (χ4v) is 1.80. The average molecular weight is 360 g/mol. The van der Waals surface area contributed by atoms with Crippen molar-refractivity contribution in [1.29, 1.82) is 0 Å². The maximum atomic E-state index is 10.8. The van der Waals surface area contributed by atoms with Gasteiger partial charge in [-0.05, 0) is 13.8 Å². The molecule has 0 fully saturated rings. The third kappa shape index (κ3) is 5.98. The zero-order valence-electron chi connectivity index (χ0n) is 9.75. The van der Waals surface area contributed by atoms with Crippen LogP contribution in [0.3, 0.4) is 0 Å². The van der Waals surface area contributed by atoms with Crippen molar-refractivity contribution in [3.05, 3.63) is 8.96 Å². The Balaban J connectivity index is 4.48. The summed E-state index contributed by atoms with van der Waals surface area (Å²) in [6.07, 6.45) is -0.521. The Labute approximate surface area is 113 Å². The maximum absolute atomic E-state index is 10.8. The highest BCUT2D eigenvalue weighted by Crippen LogP contribution is 2.27. The molecule has 0 amide bonds. The van der Waals surface area contributed by atoms with Crippen molar-refractivity contribution >= 4 is 37.8 Å². The summed E-state index contributed by atoms with van der Waals surface area (Å²) in [7, 11) is 1.56. The quantitative estimate of drug-likeness (QED) is 0.540. The topological polar surface area (TPSA) is 44.8 Å². The van der Waals surface area contributed by atoms with Crippen LogP contribution in [0.15, 0.2) is 8.96 Å². The number of ether oxygens (including phenoxy) is 3. The van der Waals surface area contributed by atoms with Gasteiger partial charge < -0.3 is 14.2 Å². The zero-order chi connectivity index (χ0) is 12.7. The third-order valence-corrected chi connectivity index (χ3v) is 4.40. The summed E-state index contributed by atoms with van der Waals surface area (Å²) in [5.41, 5.74) is 0. The summed E-state index contributed by atoms with van der Waals surface area (Å²) in [5.74, 6) is -0.324. The molecule has 0 N–H and O–H groups in total. The summed E-state index contributed by atoms with van der Waals surface area (Å²) < 4.78 is 16.7. The van der Waals surface area contributed by atoms with Crippen LogP contribution in [-0.2, 0) is 19.0 Å². The molecule has 16 heavy (non-hydrogen) atoms. The van der Waals surface area contributed by atoms with E-state index in [1.165, 1.54) is 6.92 Å². The Kier molecular flexibility index (Phi) is 8.27. The third-order valence-electron chi connectivity index (χ3n) is 1.72. The van der Waals surface area contributed by atoms with E-state index in [-0.39, 0.29) is 25.0 Å². The Morgan fingerprint density at radius 3 is 2.12 bits per heavy atom. The molecule has 0 saturated heterocycles. The summed E-state index contributed by atoms with van der Waals surface area (Å²) in [6, 6.07) is 0. The van der Waals surface area contributed by atoms with Crippen LogP contribution < -0.4 is 0 Å². The first-order chi connectivity index (χ1) is 7.40. The molecule has 0 aliphatic rings. The van der Waals surface area contributed by atoms with Gasteiger partial charge in [0.2, 0.25) is 0 Å². The van der Waals surface area contributed by atoms with Crippen molar-refractivity contribution in [1.82, 2.24) is 0 Å². The van der Waals surface area contributed by atoms with Crippen LogP contribution in [0.2, 0.25) is 0 Å². The molecule has 94 valence electrons. The number of rotatable bonds is 6. The van der Waals surface area contributed by atoms with Crippen LogP contribution >= 0.6 is 31.9 Å². The minimum atomic E-state index is -0.347. The number of carbonyl (C=O) groups is 1. The lowest BCUT2D eigenvalue weighted by Gasteiger charge is -2.17. The normalized spacial score (nSPS) is 16.4. The molecule has 4 nitrogen and oxygen atoms in total. The Morgan fingerprint density at radius 1 is 1.19 bits per heavy atom. The SMILES string of the molecule is COCOC(C)/C(Br)=C(\Br)C(C)OC(C)=O. The summed E-state index contributed by atoms with van der Waals surface area (Å²) in [6.45, 7) is 5.22. The van der Waals surface area contributed by atoms with E-state index < -0.39 is 0 Å². The number of halogens is 2. The van der Waals surface area contributed by atoms with E-state index >= 15 is 0 Å². The van der Waals surface area contributed by atoms with Gasteiger partial charge in [-0.1, -0.05) is 31.9 Å². The molecule has 0 aromatic heterocycles. The van der Waals surface area contributed by atoms with Gasteiger partial charge >= 0.3 is 5.97 Å². The Hall–Kier alpha value is 0.0900. The summed E-state index contributed by atoms with van der Waals surface area (Å²) in [5, 5.41) is 0. The standard InChI is InChI=1S/C10H16Br2O4/c1-6(15-5-14-4)9(11)10(12)7(2)16-8(3)13/h6-7H,5H2,1-4H3/b10-9+. The fourth-order valence-electron chi connectivity index (χ4n) is 0.932. The van der Waals surface area contributed by atoms with Gasteiger partial charge in [-0.3, -0.25) is 4.79 Å². The smallest absolute Gasteiger partial charge is 0.303 e. The van der Waals surface area contributed by atoms with Crippen LogP contribution in [0.1, 0.15) is 20.8 Å². The lowest BCUT2D eigenvalue weighted by Crippen LogP contribution is -2.17. The molecule has 2 unspecified atom stereocenters. The number of carbonyl (C=O) groups excluding carboxylic acids is 1. The second-order valence-corrected chi connectivity index (χ2v) is 4.87. The van der Waals surface area contributed by atoms with Gasteiger partial charge in [0.05, 0.1) is 6.10 Å². The second kappa shape index (κ2) is 8.22. The predicted molar refractivity (Wildman–Crippen MR) is 68.5 cm³/mol. The fraction of sp³-hybridized carbons (Fsp3) is 0.700. The molecule has 0 aliphatic carbocycles. The van der Waals surface area contributed by atoms with Crippen LogP contribution in [0, 0.1) is 0 Å². The molecule has 0 rings (SSSR count). The Bertz CT molecular complexity index is 266. The van der Waals surface area contributed by atoms with Crippen LogP contribution in [-0.4, -0.2) is 32.1 Å². The molecule has 0 saturated carbocycles. The van der Waals surface area contributed by atoms with E-state index in [1.807, 2.05) is 6.92 Å². The van der Waals surface area contributed by atoms with Gasteiger partial charge in [-0.2, -0.15) is 0 Å². The van der Waals surface area contributed by atoms with Crippen LogP contribution in [0.4, 0.5) is 0 Å². The largest absolute Gasteiger partial charge is 0.457 e. The van der Waals surface area contributed by atoms with Crippen molar-refractivity contribution in [2.45, 2.75) is 33.0 Å². The molecule has 0 heterocycles. The predicted octanol–water partition coefficient (Wildman–Crippen LogP) is 2.95. The lowest BCUT2D eigenvalue weighted by molar-refractivity contribution is -0.143. The maximum Gasteiger partial charge on any atom is 0.303 e. The van der Waals surface area contributed by atoms with Crippen LogP contribution in [0.5, 0.6) is 0 Å². The average Bonchev–Trinajstić information content (AvgIpc) is 2.22. The van der Waals surface area contributed by atoms with Gasteiger partial charge in [-0.15, -0.1) is 0 Å². The summed E-state index contributed by atoms with van der Waals surface area (Å²) in [4.78, 5) is 10.8. The van der Waals surface area contributed by atoms with Crippen molar-refractivity contribution in [2.75, 3.05) is 13.9 Å². The van der Waals surface area contributed by atoms with Gasteiger partial charge in [0, 0.05) is 23.0 Å². The van der Waals surface area contributed by atoms with E-state index in [1.54, 1.807) is 14.0 Å². The number of hydrogen-bond donors (Lipinski definition) is 0. The molecule has 0 bridgehead atoms. The van der Waals surface area contributed by atoms with Crippen molar-refractivity contribution in [3.8, 4) is 0 Å². The highest BCUT2D eigenvalue weighted by molar-refractivity contribution is 9.14. The van der Waals surface area contributed by atoms with E-state index in [2.05, 4.69) is 31.9 Å². The molecule has 2 atom stereocenters. The minimum Gasteiger partial charge on any atom is -0.457 e. The molecule has 0 aromatic carbocycles. The van der Waals surface area contributed by atoms with E-state index in [4.69, 9.17) is 14.2 Å². The number of methoxy groups -OCH3 is 1. The molecule has 0 spiro atoms. The van der Waals surface area contributed by atoms with Crippen LogP contribution in [0.25, 0.3) is 0 Å². The molecule has 0 aromatic rings. The molecule has 0 radical (unpaired) electrons. The lowest BCUT2D eigenvalue weighted by atomic mass is 10.3. The monoisotopic (exact) mass is 358 g/mol. The first-order valence-corrected chi connectivity index (χ1v) is 6.31. The van der Waals surface area contributed by atoms with Crippen molar-refractivity contribution < 1.29 is 19.0 Å². The van der Waals surface area contributed by atoms with Gasteiger partial charge in [0.1, 0.15) is 12.9 Å². The highest BCUT2D eigenvalue weighted by atomic mass is 79.9. The van der Waals surface area contributed by atoms with Gasteiger partial charge in [0.25, 0.3) is 0 Å². The highest BCUT2D eigenvalue weighted by Gasteiger charge is 2.17. The first kappa shape index (κ1) is 16.1.